The van der Waals surface area contributed by atoms with E-state index in [2.05, 4.69) is 25.9 Å². The summed E-state index contributed by atoms with van der Waals surface area (Å²) in [6, 6.07) is 9.47. The number of benzene rings is 1. The number of halogens is 1. The molecule has 0 amide bonds. The van der Waals surface area contributed by atoms with E-state index in [1.165, 1.54) is 11.3 Å². The summed E-state index contributed by atoms with van der Waals surface area (Å²) in [5, 5.41) is 0.786. The summed E-state index contributed by atoms with van der Waals surface area (Å²) >= 11 is 4.77. The van der Waals surface area contributed by atoms with Crippen molar-refractivity contribution in [3.05, 3.63) is 39.7 Å². The molecule has 2 heterocycles. The Labute approximate surface area is 139 Å². The molecule has 2 N–H and O–H groups in total. The number of anilines is 1. The van der Waals surface area contributed by atoms with Crippen LogP contribution < -0.4 is 5.73 Å². The number of carbonyl (C=O) groups is 1. The maximum absolute atomic E-state index is 11.9. The van der Waals surface area contributed by atoms with Crippen molar-refractivity contribution in [2.45, 2.75) is 6.92 Å². The minimum absolute atomic E-state index is 0.176. The molecular formula is C15H12BrN3O2S. The Morgan fingerprint density at radius 3 is 2.86 bits per heavy atom. The fourth-order valence-corrected chi connectivity index (χ4v) is 3.50. The number of fused-ring (bicyclic) bond motifs is 1. The van der Waals surface area contributed by atoms with Gasteiger partial charge in [-0.15, -0.1) is 11.3 Å². The highest BCUT2D eigenvalue weighted by molar-refractivity contribution is 9.10. The van der Waals surface area contributed by atoms with E-state index in [4.69, 9.17) is 10.5 Å². The largest absolute Gasteiger partial charge is 0.462 e. The minimum atomic E-state index is -0.359. The Kier molecular flexibility index (Phi) is 4.08. The van der Waals surface area contributed by atoms with Crippen LogP contribution in [0.2, 0.25) is 0 Å². The number of nitrogens with zero attached hydrogens (tertiary/aromatic N) is 2. The van der Waals surface area contributed by atoms with Crippen LogP contribution in [-0.4, -0.2) is 22.5 Å². The van der Waals surface area contributed by atoms with E-state index < -0.39 is 0 Å². The number of hydrogen-bond acceptors (Lipinski definition) is 6. The zero-order chi connectivity index (χ0) is 15.7. The van der Waals surface area contributed by atoms with Crippen LogP contribution in [0.15, 0.2) is 34.8 Å². The van der Waals surface area contributed by atoms with Crippen molar-refractivity contribution in [1.29, 1.82) is 0 Å². The van der Waals surface area contributed by atoms with Gasteiger partial charge >= 0.3 is 5.97 Å². The standard InChI is InChI=1S/C15H12BrN3O2S/c1-2-21-14(20)11-7-9-12(8-5-3-4-6-10(8)16)18-15(17)19-13(9)22-11/h3-7H,2H2,1H3,(H2,17,18,19). The lowest BCUT2D eigenvalue weighted by Crippen LogP contribution is -2.01. The smallest absolute Gasteiger partial charge is 0.348 e. The molecule has 0 saturated heterocycles. The van der Waals surface area contributed by atoms with Crippen LogP contribution in [0.3, 0.4) is 0 Å². The normalized spacial score (nSPS) is 10.8. The lowest BCUT2D eigenvalue weighted by molar-refractivity contribution is 0.0532. The third kappa shape index (κ3) is 2.69. The molecule has 0 spiro atoms. The van der Waals surface area contributed by atoms with Crippen LogP contribution in [0, 0.1) is 0 Å². The number of hydrogen-bond donors (Lipinski definition) is 1. The topological polar surface area (TPSA) is 78.1 Å². The van der Waals surface area contributed by atoms with Gasteiger partial charge in [0.15, 0.2) is 0 Å². The Morgan fingerprint density at radius 2 is 2.14 bits per heavy atom. The third-order valence-electron chi connectivity index (χ3n) is 3.02. The molecule has 1 aromatic carbocycles. The van der Waals surface area contributed by atoms with E-state index in [1.807, 2.05) is 24.3 Å². The number of thiophene rings is 1. The summed E-state index contributed by atoms with van der Waals surface area (Å²) in [4.78, 5) is 21.6. The van der Waals surface area contributed by atoms with E-state index >= 15 is 0 Å². The zero-order valence-corrected chi connectivity index (χ0v) is 14.1. The van der Waals surface area contributed by atoms with Crippen molar-refractivity contribution in [2.24, 2.45) is 0 Å². The summed E-state index contributed by atoms with van der Waals surface area (Å²) in [7, 11) is 0. The van der Waals surface area contributed by atoms with Gasteiger partial charge in [0.25, 0.3) is 0 Å². The summed E-state index contributed by atoms with van der Waals surface area (Å²) in [6.45, 7) is 2.10. The number of nitrogens with two attached hydrogens (primary N) is 1. The van der Waals surface area contributed by atoms with E-state index in [0.717, 1.165) is 15.4 Å². The predicted molar refractivity (Wildman–Crippen MR) is 90.9 cm³/mol. The highest BCUT2D eigenvalue weighted by Crippen LogP contribution is 2.35. The molecule has 3 aromatic rings. The van der Waals surface area contributed by atoms with Crippen molar-refractivity contribution in [3.8, 4) is 11.3 Å². The van der Waals surface area contributed by atoms with Crippen LogP contribution in [-0.2, 0) is 4.74 Å². The maximum Gasteiger partial charge on any atom is 0.348 e. The maximum atomic E-state index is 11.9. The van der Waals surface area contributed by atoms with Crippen molar-refractivity contribution in [3.63, 3.8) is 0 Å². The van der Waals surface area contributed by atoms with E-state index in [-0.39, 0.29) is 11.9 Å². The molecule has 22 heavy (non-hydrogen) atoms. The molecule has 7 heteroatoms. The highest BCUT2D eigenvalue weighted by atomic mass is 79.9. The average molecular weight is 378 g/mol. The summed E-state index contributed by atoms with van der Waals surface area (Å²) in [6.07, 6.45) is 0. The molecule has 2 aromatic heterocycles. The second-order valence-corrected chi connectivity index (χ2v) is 6.35. The van der Waals surface area contributed by atoms with E-state index in [0.29, 0.717) is 22.0 Å². The predicted octanol–water partition coefficient (Wildman–Crippen LogP) is 3.88. The molecule has 0 aliphatic heterocycles. The number of rotatable bonds is 3. The first-order valence-corrected chi connectivity index (χ1v) is 8.20. The van der Waals surface area contributed by atoms with Gasteiger partial charge in [-0.05, 0) is 19.1 Å². The van der Waals surface area contributed by atoms with Crippen LogP contribution in [0.4, 0.5) is 5.95 Å². The SMILES string of the molecule is CCOC(=O)c1cc2c(-c3ccccc3Br)nc(N)nc2s1. The van der Waals surface area contributed by atoms with Gasteiger partial charge < -0.3 is 10.5 Å². The van der Waals surface area contributed by atoms with E-state index in [9.17, 15) is 4.79 Å². The molecule has 3 rings (SSSR count). The highest BCUT2D eigenvalue weighted by Gasteiger charge is 2.17. The van der Waals surface area contributed by atoms with Gasteiger partial charge in [-0.1, -0.05) is 34.1 Å². The van der Waals surface area contributed by atoms with Gasteiger partial charge in [0.1, 0.15) is 9.71 Å². The molecule has 0 aliphatic rings. The summed E-state index contributed by atoms with van der Waals surface area (Å²) in [5.74, 6) is -0.183. The Morgan fingerprint density at radius 1 is 1.36 bits per heavy atom. The number of carbonyl (C=O) groups excluding carboxylic acids is 1. The average Bonchev–Trinajstić information content (AvgIpc) is 2.91. The molecule has 112 valence electrons. The molecule has 5 nitrogen and oxygen atoms in total. The number of esters is 1. The quantitative estimate of drug-likeness (QED) is 0.700. The monoisotopic (exact) mass is 377 g/mol. The van der Waals surface area contributed by atoms with Gasteiger partial charge in [-0.3, -0.25) is 0 Å². The summed E-state index contributed by atoms with van der Waals surface area (Å²) in [5.41, 5.74) is 7.40. The van der Waals surface area contributed by atoms with Gasteiger partial charge in [-0.2, -0.15) is 0 Å². The Bertz CT molecular complexity index is 863. The van der Waals surface area contributed by atoms with Crippen LogP contribution in [0.1, 0.15) is 16.6 Å². The second kappa shape index (κ2) is 6.02. The van der Waals surface area contributed by atoms with Gasteiger partial charge in [0.2, 0.25) is 5.95 Å². The second-order valence-electron chi connectivity index (χ2n) is 4.46. The van der Waals surface area contributed by atoms with Crippen molar-refractivity contribution in [1.82, 2.24) is 9.97 Å². The molecule has 0 unspecified atom stereocenters. The molecule has 0 radical (unpaired) electrons. The van der Waals surface area contributed by atoms with Crippen LogP contribution >= 0.6 is 27.3 Å². The minimum Gasteiger partial charge on any atom is -0.462 e. The fourth-order valence-electron chi connectivity index (χ4n) is 2.10. The van der Waals surface area contributed by atoms with Crippen LogP contribution in [0.25, 0.3) is 21.5 Å². The van der Waals surface area contributed by atoms with Gasteiger partial charge in [0.05, 0.1) is 12.3 Å². The first-order chi connectivity index (χ1) is 10.6. The molecule has 0 fully saturated rings. The number of ether oxygens (including phenoxy) is 1. The number of aromatic nitrogens is 2. The van der Waals surface area contributed by atoms with E-state index in [1.54, 1.807) is 13.0 Å². The van der Waals surface area contributed by atoms with Gasteiger partial charge in [-0.25, -0.2) is 14.8 Å². The molecular weight excluding hydrogens is 366 g/mol. The summed E-state index contributed by atoms with van der Waals surface area (Å²) < 4.78 is 5.94. The molecule has 0 atom stereocenters. The number of nitrogen functional groups attached to an aromatic ring is 1. The Balaban J connectivity index is 2.22. The Hall–Kier alpha value is -1.99. The third-order valence-corrected chi connectivity index (χ3v) is 4.72. The molecule has 0 bridgehead atoms. The first kappa shape index (κ1) is 14.9. The fraction of sp³-hybridized carbons (Fsp3) is 0.133. The van der Waals surface area contributed by atoms with Crippen molar-refractivity contribution < 1.29 is 9.53 Å². The zero-order valence-electron chi connectivity index (χ0n) is 11.7. The lowest BCUT2D eigenvalue weighted by atomic mass is 10.1. The van der Waals surface area contributed by atoms with Gasteiger partial charge in [0, 0.05) is 15.4 Å². The lowest BCUT2D eigenvalue weighted by Gasteiger charge is -2.05. The van der Waals surface area contributed by atoms with Crippen molar-refractivity contribution >= 4 is 49.4 Å². The molecule has 0 aliphatic carbocycles. The molecule has 0 saturated carbocycles. The van der Waals surface area contributed by atoms with Crippen molar-refractivity contribution in [2.75, 3.05) is 12.3 Å². The van der Waals surface area contributed by atoms with Crippen LogP contribution in [0.5, 0.6) is 0 Å². The first-order valence-electron chi connectivity index (χ1n) is 6.59.